The molecule has 0 radical (unpaired) electrons. The minimum absolute atomic E-state index is 0.826. The Morgan fingerprint density at radius 3 is 2.50 bits per heavy atom. The summed E-state index contributed by atoms with van der Waals surface area (Å²) in [6.07, 6.45) is 1.32. The summed E-state index contributed by atoms with van der Waals surface area (Å²) in [5.41, 5.74) is 1.20. The number of thioether (sulfide) groups is 1. The predicted octanol–water partition coefficient (Wildman–Crippen LogP) is 4.64. The molecule has 3 heteroatoms. The zero-order chi connectivity index (χ0) is 11.8. The maximum absolute atomic E-state index is 3.43. The van der Waals surface area contributed by atoms with Crippen LogP contribution in [-0.4, -0.2) is 18.1 Å². The van der Waals surface area contributed by atoms with Crippen LogP contribution in [0.3, 0.4) is 0 Å². The van der Waals surface area contributed by atoms with Gasteiger partial charge in [0.1, 0.15) is 0 Å². The highest BCUT2D eigenvalue weighted by molar-refractivity contribution is 9.10. The van der Waals surface area contributed by atoms with E-state index in [2.05, 4.69) is 59.4 Å². The summed E-state index contributed by atoms with van der Waals surface area (Å²) in [5, 5.41) is 3.42. The van der Waals surface area contributed by atoms with E-state index >= 15 is 0 Å². The quantitative estimate of drug-likeness (QED) is 0.736. The Morgan fingerprint density at radius 1 is 1.19 bits per heavy atom. The summed E-state index contributed by atoms with van der Waals surface area (Å²) in [6.45, 7) is 5.60. The molecular formula is C13H20BrNS. The van der Waals surface area contributed by atoms with Crippen LogP contribution in [0.5, 0.6) is 0 Å². The van der Waals surface area contributed by atoms with Gasteiger partial charge in [0.05, 0.1) is 0 Å². The molecule has 0 fully saturated rings. The van der Waals surface area contributed by atoms with E-state index < -0.39 is 0 Å². The van der Waals surface area contributed by atoms with E-state index in [0.717, 1.165) is 16.9 Å². The van der Waals surface area contributed by atoms with Crippen LogP contribution in [0.2, 0.25) is 0 Å². The van der Waals surface area contributed by atoms with Gasteiger partial charge in [0.25, 0.3) is 0 Å². The molecule has 0 aliphatic carbocycles. The number of hydrogen-bond donors (Lipinski definition) is 1. The largest absolute Gasteiger partial charge is 0.384 e. The Morgan fingerprint density at radius 2 is 1.88 bits per heavy atom. The first-order valence-electron chi connectivity index (χ1n) is 5.75. The Labute approximate surface area is 112 Å². The van der Waals surface area contributed by atoms with E-state index in [1.165, 1.54) is 23.6 Å². The smallest absolute Gasteiger partial charge is 0.0341 e. The summed E-state index contributed by atoms with van der Waals surface area (Å²) < 4.78 is 1.13. The maximum atomic E-state index is 3.43. The fraction of sp³-hybridized carbons (Fsp3) is 0.538. The lowest BCUT2D eigenvalue weighted by molar-refractivity contribution is 0.632. The van der Waals surface area contributed by atoms with Crippen molar-refractivity contribution in [1.82, 2.24) is 0 Å². The molecule has 1 aromatic carbocycles. The highest BCUT2D eigenvalue weighted by Gasteiger charge is 1.95. The molecule has 0 atom stereocenters. The predicted molar refractivity (Wildman–Crippen MR) is 79.4 cm³/mol. The van der Waals surface area contributed by atoms with Crippen LogP contribution in [0.4, 0.5) is 5.69 Å². The number of nitrogens with one attached hydrogen (secondary N) is 1. The lowest BCUT2D eigenvalue weighted by Crippen LogP contribution is -2.04. The third-order valence-electron chi connectivity index (χ3n) is 2.26. The van der Waals surface area contributed by atoms with Crippen LogP contribution < -0.4 is 5.32 Å². The van der Waals surface area contributed by atoms with Crippen LogP contribution in [0.1, 0.15) is 20.3 Å². The molecule has 0 aromatic heterocycles. The second-order valence-electron chi connectivity index (χ2n) is 4.23. The Balaban J connectivity index is 2.05. The minimum Gasteiger partial charge on any atom is -0.384 e. The summed E-state index contributed by atoms with van der Waals surface area (Å²) in [4.78, 5) is 0. The molecule has 1 aromatic rings. The third-order valence-corrected chi connectivity index (χ3v) is 3.81. The first-order valence-corrected chi connectivity index (χ1v) is 7.70. The van der Waals surface area contributed by atoms with E-state index in [-0.39, 0.29) is 0 Å². The summed E-state index contributed by atoms with van der Waals surface area (Å²) >= 11 is 5.46. The first kappa shape index (κ1) is 13.9. The van der Waals surface area contributed by atoms with Gasteiger partial charge in [0.2, 0.25) is 0 Å². The fourth-order valence-corrected chi connectivity index (χ4v) is 2.61. The number of rotatable bonds is 7. The summed E-state index contributed by atoms with van der Waals surface area (Å²) in [6, 6.07) is 8.33. The number of anilines is 1. The van der Waals surface area contributed by atoms with E-state index in [9.17, 15) is 0 Å². The van der Waals surface area contributed by atoms with E-state index in [1.54, 1.807) is 0 Å². The first-order chi connectivity index (χ1) is 7.68. The van der Waals surface area contributed by atoms with Gasteiger partial charge >= 0.3 is 0 Å². The van der Waals surface area contributed by atoms with Crippen molar-refractivity contribution in [3.8, 4) is 0 Å². The van der Waals surface area contributed by atoms with Crippen molar-refractivity contribution >= 4 is 33.4 Å². The van der Waals surface area contributed by atoms with Gasteiger partial charge in [-0.25, -0.2) is 0 Å². The number of benzene rings is 1. The summed E-state index contributed by atoms with van der Waals surface area (Å²) in [7, 11) is 0. The Kier molecular flexibility index (Phi) is 6.97. The SMILES string of the molecule is CC(C)CCSCCNc1ccc(Br)cc1. The topological polar surface area (TPSA) is 12.0 Å². The van der Waals surface area contributed by atoms with Crippen LogP contribution in [0, 0.1) is 5.92 Å². The zero-order valence-corrected chi connectivity index (χ0v) is 12.4. The molecular weight excluding hydrogens is 282 g/mol. The molecule has 0 spiro atoms. The van der Waals surface area contributed by atoms with Gasteiger partial charge in [-0.15, -0.1) is 0 Å². The molecule has 0 aliphatic rings. The fourth-order valence-electron chi connectivity index (χ4n) is 1.26. The van der Waals surface area contributed by atoms with Crippen molar-refractivity contribution in [2.24, 2.45) is 5.92 Å². The van der Waals surface area contributed by atoms with Crippen molar-refractivity contribution in [2.75, 3.05) is 23.4 Å². The highest BCUT2D eigenvalue weighted by Crippen LogP contribution is 2.14. The van der Waals surface area contributed by atoms with Crippen LogP contribution in [0.15, 0.2) is 28.7 Å². The molecule has 90 valence electrons. The third kappa shape index (κ3) is 6.44. The maximum Gasteiger partial charge on any atom is 0.0341 e. The Hall–Kier alpha value is -0.150. The molecule has 0 aliphatic heterocycles. The molecule has 0 amide bonds. The van der Waals surface area contributed by atoms with Crippen LogP contribution in [0.25, 0.3) is 0 Å². The van der Waals surface area contributed by atoms with Gasteiger partial charge in [-0.05, 0) is 42.4 Å². The van der Waals surface area contributed by atoms with Gasteiger partial charge in [0, 0.05) is 22.5 Å². The lowest BCUT2D eigenvalue weighted by Gasteiger charge is -2.07. The molecule has 0 unspecified atom stereocenters. The van der Waals surface area contributed by atoms with E-state index in [1.807, 2.05) is 11.8 Å². The molecule has 0 saturated heterocycles. The van der Waals surface area contributed by atoms with Gasteiger partial charge in [-0.1, -0.05) is 29.8 Å². The molecule has 0 heterocycles. The van der Waals surface area contributed by atoms with Crippen LogP contribution >= 0.6 is 27.7 Å². The second-order valence-corrected chi connectivity index (χ2v) is 6.37. The second kappa shape index (κ2) is 8.02. The van der Waals surface area contributed by atoms with Crippen molar-refractivity contribution in [1.29, 1.82) is 0 Å². The van der Waals surface area contributed by atoms with Gasteiger partial charge < -0.3 is 5.32 Å². The molecule has 1 N–H and O–H groups in total. The molecule has 16 heavy (non-hydrogen) atoms. The molecule has 1 nitrogen and oxygen atoms in total. The highest BCUT2D eigenvalue weighted by atomic mass is 79.9. The van der Waals surface area contributed by atoms with Gasteiger partial charge in [-0.3, -0.25) is 0 Å². The normalized spacial score (nSPS) is 10.8. The lowest BCUT2D eigenvalue weighted by atomic mass is 10.2. The van der Waals surface area contributed by atoms with E-state index in [0.29, 0.717) is 0 Å². The number of halogens is 1. The average Bonchev–Trinajstić information content (AvgIpc) is 2.25. The Bertz CT molecular complexity index is 284. The average molecular weight is 302 g/mol. The van der Waals surface area contributed by atoms with Gasteiger partial charge in [0.15, 0.2) is 0 Å². The van der Waals surface area contributed by atoms with Crippen molar-refractivity contribution in [3.05, 3.63) is 28.7 Å². The number of hydrogen-bond acceptors (Lipinski definition) is 2. The van der Waals surface area contributed by atoms with Crippen molar-refractivity contribution < 1.29 is 0 Å². The van der Waals surface area contributed by atoms with Gasteiger partial charge in [-0.2, -0.15) is 11.8 Å². The monoisotopic (exact) mass is 301 g/mol. The molecule has 0 saturated carbocycles. The van der Waals surface area contributed by atoms with Crippen molar-refractivity contribution in [2.45, 2.75) is 20.3 Å². The van der Waals surface area contributed by atoms with Crippen molar-refractivity contribution in [3.63, 3.8) is 0 Å². The zero-order valence-electron chi connectivity index (χ0n) is 10.0. The summed E-state index contributed by atoms with van der Waals surface area (Å²) in [5.74, 6) is 3.29. The van der Waals surface area contributed by atoms with E-state index in [4.69, 9.17) is 0 Å². The molecule has 0 bridgehead atoms. The van der Waals surface area contributed by atoms with Crippen LogP contribution in [-0.2, 0) is 0 Å². The standard InChI is InChI=1S/C13H20BrNS/c1-11(2)7-9-16-10-8-15-13-5-3-12(14)4-6-13/h3-6,11,15H,7-10H2,1-2H3. The minimum atomic E-state index is 0.826. The molecule has 1 rings (SSSR count).